The van der Waals surface area contributed by atoms with E-state index in [0.29, 0.717) is 24.6 Å². The highest BCUT2D eigenvalue weighted by Gasteiger charge is 2.32. The fourth-order valence-corrected chi connectivity index (χ4v) is 3.89. The van der Waals surface area contributed by atoms with Crippen molar-refractivity contribution in [3.05, 3.63) is 89.5 Å². The maximum absolute atomic E-state index is 13.5. The molecule has 0 unspecified atom stereocenters. The van der Waals surface area contributed by atoms with Crippen molar-refractivity contribution in [2.75, 3.05) is 27.9 Å². The van der Waals surface area contributed by atoms with Crippen molar-refractivity contribution < 1.29 is 19.0 Å². The molecule has 1 aliphatic rings. The van der Waals surface area contributed by atoms with Gasteiger partial charge in [-0.15, -0.1) is 0 Å². The molecule has 0 fully saturated rings. The standard InChI is InChI=1S/C26H25NO4/c1-29-21-12-10-19(11-13-21)22-17-27(26(28)25(22)20-7-5-4-6-8-20)16-18-9-14-23(30-2)24(15-18)31-3/h4-15H,16-17H2,1-3H3. The summed E-state index contributed by atoms with van der Waals surface area (Å²) in [7, 11) is 4.87. The summed E-state index contributed by atoms with van der Waals surface area (Å²) < 4.78 is 16.0. The Morgan fingerprint density at radius 2 is 1.48 bits per heavy atom. The average molecular weight is 415 g/mol. The lowest BCUT2D eigenvalue weighted by Gasteiger charge is -2.18. The van der Waals surface area contributed by atoms with E-state index in [1.165, 1.54) is 0 Å². The molecule has 0 atom stereocenters. The van der Waals surface area contributed by atoms with Gasteiger partial charge in [0.1, 0.15) is 5.75 Å². The highest BCUT2D eigenvalue weighted by Crippen LogP contribution is 2.36. The number of carbonyl (C=O) groups is 1. The topological polar surface area (TPSA) is 48.0 Å². The second-order valence-electron chi connectivity index (χ2n) is 7.30. The second kappa shape index (κ2) is 8.96. The van der Waals surface area contributed by atoms with Crippen LogP contribution in [0, 0.1) is 0 Å². The zero-order chi connectivity index (χ0) is 21.8. The Hall–Kier alpha value is -3.73. The van der Waals surface area contributed by atoms with Gasteiger partial charge in [-0.25, -0.2) is 0 Å². The first-order valence-corrected chi connectivity index (χ1v) is 10.1. The molecule has 4 rings (SSSR count). The van der Waals surface area contributed by atoms with Gasteiger partial charge < -0.3 is 19.1 Å². The van der Waals surface area contributed by atoms with Crippen LogP contribution in [0.15, 0.2) is 72.8 Å². The molecule has 0 saturated heterocycles. The van der Waals surface area contributed by atoms with Crippen LogP contribution in [0.1, 0.15) is 16.7 Å². The van der Waals surface area contributed by atoms with E-state index in [0.717, 1.165) is 33.6 Å². The van der Waals surface area contributed by atoms with E-state index in [-0.39, 0.29) is 5.91 Å². The summed E-state index contributed by atoms with van der Waals surface area (Å²) in [6.45, 7) is 1.01. The van der Waals surface area contributed by atoms with E-state index in [1.807, 2.05) is 77.7 Å². The minimum Gasteiger partial charge on any atom is -0.497 e. The van der Waals surface area contributed by atoms with Gasteiger partial charge in [-0.1, -0.05) is 48.5 Å². The van der Waals surface area contributed by atoms with Crippen LogP contribution < -0.4 is 14.2 Å². The normalized spacial score (nSPS) is 13.5. The summed E-state index contributed by atoms with van der Waals surface area (Å²) in [6.07, 6.45) is 0. The van der Waals surface area contributed by atoms with E-state index < -0.39 is 0 Å². The van der Waals surface area contributed by atoms with Crippen molar-refractivity contribution in [2.45, 2.75) is 6.54 Å². The van der Waals surface area contributed by atoms with Crippen LogP contribution in [0.2, 0.25) is 0 Å². The maximum Gasteiger partial charge on any atom is 0.255 e. The molecule has 5 heteroatoms. The predicted octanol–water partition coefficient (Wildman–Crippen LogP) is 4.67. The van der Waals surface area contributed by atoms with Crippen LogP contribution >= 0.6 is 0 Å². The predicted molar refractivity (Wildman–Crippen MR) is 121 cm³/mol. The molecular weight excluding hydrogens is 390 g/mol. The highest BCUT2D eigenvalue weighted by molar-refractivity contribution is 6.30. The molecule has 0 spiro atoms. The Kier molecular flexibility index (Phi) is 5.94. The minimum atomic E-state index is 0.0202. The molecule has 31 heavy (non-hydrogen) atoms. The van der Waals surface area contributed by atoms with Crippen molar-refractivity contribution >= 4 is 17.1 Å². The molecule has 0 N–H and O–H groups in total. The van der Waals surface area contributed by atoms with Crippen LogP contribution in [0.3, 0.4) is 0 Å². The second-order valence-corrected chi connectivity index (χ2v) is 7.30. The summed E-state index contributed by atoms with van der Waals surface area (Å²) in [6, 6.07) is 23.4. The van der Waals surface area contributed by atoms with E-state index in [9.17, 15) is 4.79 Å². The first-order chi connectivity index (χ1) is 15.1. The molecule has 0 aliphatic carbocycles. The van der Waals surface area contributed by atoms with Crippen molar-refractivity contribution in [2.24, 2.45) is 0 Å². The van der Waals surface area contributed by atoms with E-state index >= 15 is 0 Å². The summed E-state index contributed by atoms with van der Waals surface area (Å²) in [4.78, 5) is 15.3. The SMILES string of the molecule is COc1ccc(C2=C(c3ccccc3)C(=O)N(Cc3ccc(OC)c(OC)c3)C2)cc1. The zero-order valence-electron chi connectivity index (χ0n) is 17.9. The molecule has 158 valence electrons. The van der Waals surface area contributed by atoms with Crippen LogP contribution in [0.25, 0.3) is 11.1 Å². The molecule has 1 aliphatic heterocycles. The van der Waals surface area contributed by atoms with Crippen molar-refractivity contribution in [1.29, 1.82) is 0 Å². The number of rotatable bonds is 7. The fraction of sp³-hybridized carbons (Fsp3) is 0.192. The van der Waals surface area contributed by atoms with Crippen LogP contribution in [0.4, 0.5) is 0 Å². The molecule has 1 amide bonds. The molecule has 5 nitrogen and oxygen atoms in total. The maximum atomic E-state index is 13.5. The summed E-state index contributed by atoms with van der Waals surface area (Å²) in [5, 5.41) is 0. The minimum absolute atomic E-state index is 0.0202. The van der Waals surface area contributed by atoms with E-state index in [4.69, 9.17) is 14.2 Å². The van der Waals surface area contributed by atoms with Gasteiger partial charge in [0.05, 0.1) is 26.9 Å². The monoisotopic (exact) mass is 415 g/mol. The Balaban J connectivity index is 1.68. The van der Waals surface area contributed by atoms with Gasteiger partial charge in [0.15, 0.2) is 11.5 Å². The third-order valence-electron chi connectivity index (χ3n) is 5.47. The number of nitrogens with zero attached hydrogens (tertiary/aromatic N) is 1. The third kappa shape index (κ3) is 4.12. The zero-order valence-corrected chi connectivity index (χ0v) is 17.9. The van der Waals surface area contributed by atoms with Gasteiger partial charge >= 0.3 is 0 Å². The van der Waals surface area contributed by atoms with Crippen molar-refractivity contribution in [1.82, 2.24) is 4.90 Å². The van der Waals surface area contributed by atoms with E-state index in [2.05, 4.69) is 0 Å². The van der Waals surface area contributed by atoms with Crippen LogP contribution in [-0.2, 0) is 11.3 Å². The number of benzene rings is 3. The van der Waals surface area contributed by atoms with Gasteiger partial charge in [0.2, 0.25) is 0 Å². The Morgan fingerprint density at radius 3 is 2.13 bits per heavy atom. The van der Waals surface area contributed by atoms with Crippen molar-refractivity contribution in [3.63, 3.8) is 0 Å². The van der Waals surface area contributed by atoms with Gasteiger partial charge in [-0.05, 0) is 46.5 Å². The largest absolute Gasteiger partial charge is 0.497 e. The summed E-state index contributed by atoms with van der Waals surface area (Å²) >= 11 is 0. The molecule has 0 radical (unpaired) electrons. The fourth-order valence-electron chi connectivity index (χ4n) is 3.89. The number of hydrogen-bond donors (Lipinski definition) is 0. The van der Waals surface area contributed by atoms with Gasteiger partial charge in [-0.2, -0.15) is 0 Å². The number of methoxy groups -OCH3 is 3. The lowest BCUT2D eigenvalue weighted by Crippen LogP contribution is -2.26. The number of hydrogen-bond acceptors (Lipinski definition) is 4. The third-order valence-corrected chi connectivity index (χ3v) is 5.47. The van der Waals surface area contributed by atoms with Crippen molar-refractivity contribution in [3.8, 4) is 17.2 Å². The summed E-state index contributed by atoms with van der Waals surface area (Å²) in [5.74, 6) is 2.13. The molecule has 0 bridgehead atoms. The van der Waals surface area contributed by atoms with Crippen LogP contribution in [-0.4, -0.2) is 38.7 Å². The Labute approximate surface area is 182 Å². The molecule has 3 aromatic carbocycles. The quantitative estimate of drug-likeness (QED) is 0.563. The van der Waals surface area contributed by atoms with Gasteiger partial charge in [-0.3, -0.25) is 4.79 Å². The molecule has 0 aromatic heterocycles. The molecule has 0 saturated carbocycles. The highest BCUT2D eigenvalue weighted by atomic mass is 16.5. The average Bonchev–Trinajstić information content (AvgIpc) is 3.15. The first kappa shape index (κ1) is 20.5. The van der Waals surface area contributed by atoms with Gasteiger partial charge in [0.25, 0.3) is 5.91 Å². The molecule has 1 heterocycles. The number of amides is 1. The van der Waals surface area contributed by atoms with E-state index in [1.54, 1.807) is 21.3 Å². The summed E-state index contributed by atoms with van der Waals surface area (Å²) in [5.41, 5.74) is 4.68. The van der Waals surface area contributed by atoms with Crippen LogP contribution in [0.5, 0.6) is 17.2 Å². The Bertz CT molecular complexity index is 1100. The first-order valence-electron chi connectivity index (χ1n) is 10.1. The smallest absolute Gasteiger partial charge is 0.255 e. The van der Waals surface area contributed by atoms with Gasteiger partial charge in [0, 0.05) is 13.1 Å². The number of carbonyl (C=O) groups excluding carboxylic acids is 1. The molecule has 3 aromatic rings. The lowest BCUT2D eigenvalue weighted by molar-refractivity contribution is -0.124. The number of ether oxygens (including phenoxy) is 3. The lowest BCUT2D eigenvalue weighted by atomic mass is 9.97. The Morgan fingerprint density at radius 1 is 0.774 bits per heavy atom. The molecular formula is C26H25NO4.